The lowest BCUT2D eigenvalue weighted by Crippen LogP contribution is -2.45. The van der Waals surface area contributed by atoms with Crippen molar-refractivity contribution in [1.82, 2.24) is 19.5 Å². The number of hydroxylamine groups is 1. The van der Waals surface area contributed by atoms with Crippen LogP contribution in [0.3, 0.4) is 0 Å². The zero-order valence-corrected chi connectivity index (χ0v) is 27.2. The summed E-state index contributed by atoms with van der Waals surface area (Å²) in [6.07, 6.45) is 0. The van der Waals surface area contributed by atoms with Crippen molar-refractivity contribution in [3.05, 3.63) is 122 Å². The van der Waals surface area contributed by atoms with E-state index in [1.807, 2.05) is 42.3 Å². The second kappa shape index (κ2) is 14.0. The Morgan fingerprint density at radius 1 is 0.936 bits per heavy atom. The molecule has 5 aromatic rings. The molecule has 246 valence electrons. The molecule has 0 saturated carbocycles. The fourth-order valence-electron chi connectivity index (χ4n) is 5.38. The van der Waals surface area contributed by atoms with Crippen LogP contribution in [0, 0.1) is 11.6 Å². The number of amides is 2. The minimum atomic E-state index is -1.45. The Labute approximate surface area is 273 Å². The van der Waals surface area contributed by atoms with Gasteiger partial charge in [-0.3, -0.25) is 23.7 Å². The monoisotopic (exact) mass is 663 g/mol. The maximum absolute atomic E-state index is 14.9. The number of aliphatic hydroxyl groups is 1. The second-order valence-corrected chi connectivity index (χ2v) is 12.9. The summed E-state index contributed by atoms with van der Waals surface area (Å²) in [4.78, 5) is 47.7. The number of urea groups is 1. The number of aromatic nitrogens is 2. The van der Waals surface area contributed by atoms with Crippen LogP contribution in [0.1, 0.15) is 30.5 Å². The van der Waals surface area contributed by atoms with Crippen molar-refractivity contribution < 1.29 is 23.5 Å². The van der Waals surface area contributed by atoms with E-state index in [1.165, 1.54) is 31.6 Å². The molecule has 0 fully saturated rings. The van der Waals surface area contributed by atoms with E-state index >= 15 is 0 Å². The molecule has 10 nitrogen and oxygen atoms in total. The van der Waals surface area contributed by atoms with Crippen molar-refractivity contribution in [2.45, 2.75) is 45.6 Å². The molecule has 0 bridgehead atoms. The van der Waals surface area contributed by atoms with Crippen LogP contribution in [0.2, 0.25) is 0 Å². The van der Waals surface area contributed by atoms with Gasteiger partial charge in [0.15, 0.2) is 0 Å². The molecule has 0 radical (unpaired) electrons. The van der Waals surface area contributed by atoms with Crippen molar-refractivity contribution in [2.75, 3.05) is 19.5 Å². The largest absolute Gasteiger partial charge is 0.389 e. The van der Waals surface area contributed by atoms with Gasteiger partial charge in [-0.1, -0.05) is 48.5 Å². The number of anilines is 1. The molecular formula is C34H35F2N5O5S. The molecule has 0 aliphatic rings. The minimum absolute atomic E-state index is 0.215. The number of hydrogen-bond acceptors (Lipinski definition) is 7. The van der Waals surface area contributed by atoms with Gasteiger partial charge >= 0.3 is 11.7 Å². The number of halogens is 2. The van der Waals surface area contributed by atoms with Crippen LogP contribution in [-0.2, 0) is 31.0 Å². The minimum Gasteiger partial charge on any atom is -0.389 e. The molecule has 2 aromatic heterocycles. The summed E-state index contributed by atoms with van der Waals surface area (Å²) >= 11 is 1.16. The molecule has 0 atom stereocenters. The first kappa shape index (κ1) is 33.7. The Bertz CT molecular complexity index is 2000. The molecular weight excluding hydrogens is 628 g/mol. The van der Waals surface area contributed by atoms with E-state index in [0.29, 0.717) is 28.2 Å². The van der Waals surface area contributed by atoms with E-state index < -0.39 is 41.1 Å². The molecule has 2 heterocycles. The summed E-state index contributed by atoms with van der Waals surface area (Å²) in [5.41, 5.74) is 1.82. The van der Waals surface area contributed by atoms with Crippen molar-refractivity contribution in [3.8, 4) is 10.4 Å². The van der Waals surface area contributed by atoms with Crippen LogP contribution in [0.25, 0.3) is 20.7 Å². The third-order valence-electron chi connectivity index (χ3n) is 7.40. The molecule has 47 heavy (non-hydrogen) atoms. The maximum atomic E-state index is 14.9. The van der Waals surface area contributed by atoms with Crippen LogP contribution >= 0.6 is 11.3 Å². The Balaban J connectivity index is 1.74. The molecule has 2 amide bonds. The van der Waals surface area contributed by atoms with Crippen LogP contribution < -0.4 is 22.0 Å². The molecule has 0 aliphatic carbocycles. The lowest BCUT2D eigenvalue weighted by atomic mass is 10.1. The Morgan fingerprint density at radius 2 is 1.60 bits per heavy atom. The number of nitrogens with zero attached hydrogens (tertiary/aromatic N) is 3. The van der Waals surface area contributed by atoms with E-state index in [4.69, 9.17) is 0 Å². The van der Waals surface area contributed by atoms with Crippen molar-refractivity contribution >= 4 is 33.3 Å². The van der Waals surface area contributed by atoms with Gasteiger partial charge in [0.2, 0.25) is 0 Å². The highest BCUT2D eigenvalue weighted by Crippen LogP contribution is 2.38. The second-order valence-electron chi connectivity index (χ2n) is 11.9. The lowest BCUT2D eigenvalue weighted by Gasteiger charge is -2.21. The van der Waals surface area contributed by atoms with Gasteiger partial charge in [-0.2, -0.15) is 0 Å². The first-order chi connectivity index (χ1) is 22.4. The number of benzene rings is 3. The van der Waals surface area contributed by atoms with Crippen LogP contribution in [-0.4, -0.2) is 44.9 Å². The smallest absolute Gasteiger partial charge is 0.343 e. The highest BCUT2D eigenvalue weighted by Gasteiger charge is 2.27. The number of rotatable bonds is 11. The predicted molar refractivity (Wildman–Crippen MR) is 178 cm³/mol. The first-order valence-electron chi connectivity index (χ1n) is 14.7. The fraction of sp³-hybridized carbons (Fsp3) is 0.265. The number of carbonyl (C=O) groups is 1. The van der Waals surface area contributed by atoms with Gasteiger partial charge in [-0.05, 0) is 61.9 Å². The third kappa shape index (κ3) is 7.66. The maximum Gasteiger partial charge on any atom is 0.343 e. The van der Waals surface area contributed by atoms with E-state index in [-0.39, 0.29) is 28.9 Å². The van der Waals surface area contributed by atoms with Crippen LogP contribution in [0.15, 0.2) is 82.4 Å². The molecule has 0 unspecified atom stereocenters. The number of carbonyl (C=O) groups excluding carboxylic acids is 1. The average molecular weight is 664 g/mol. The normalized spacial score (nSPS) is 11.7. The summed E-state index contributed by atoms with van der Waals surface area (Å²) in [5, 5.41) is 13.5. The quantitative estimate of drug-likeness (QED) is 0.165. The van der Waals surface area contributed by atoms with Gasteiger partial charge < -0.3 is 10.4 Å². The molecule has 3 N–H and O–H groups in total. The van der Waals surface area contributed by atoms with E-state index in [2.05, 4.69) is 15.6 Å². The van der Waals surface area contributed by atoms with Crippen molar-refractivity contribution in [1.29, 1.82) is 0 Å². The third-order valence-corrected chi connectivity index (χ3v) is 8.70. The number of thiophene rings is 1. The summed E-state index contributed by atoms with van der Waals surface area (Å²) in [6.45, 7) is 2.96. The topological polar surface area (TPSA) is 118 Å². The number of hydrogen-bond donors (Lipinski definition) is 3. The van der Waals surface area contributed by atoms with E-state index in [0.717, 1.165) is 33.6 Å². The number of nitrogens with one attached hydrogen (secondary N) is 2. The molecule has 5 rings (SSSR count). The van der Waals surface area contributed by atoms with Gasteiger partial charge in [0.25, 0.3) is 5.56 Å². The zero-order chi connectivity index (χ0) is 33.9. The molecule has 0 aliphatic heterocycles. The summed E-state index contributed by atoms with van der Waals surface area (Å²) in [5.74, 6) is -1.66. The van der Waals surface area contributed by atoms with Crippen LogP contribution in [0.5, 0.6) is 0 Å². The van der Waals surface area contributed by atoms with Gasteiger partial charge in [-0.25, -0.2) is 23.9 Å². The summed E-state index contributed by atoms with van der Waals surface area (Å²) < 4.78 is 32.0. The average Bonchev–Trinajstić information content (AvgIpc) is 3.38. The highest BCUT2D eigenvalue weighted by atomic mass is 32.1. The summed E-state index contributed by atoms with van der Waals surface area (Å²) in [7, 11) is 3.22. The van der Waals surface area contributed by atoms with Crippen LogP contribution in [0.4, 0.5) is 19.3 Å². The van der Waals surface area contributed by atoms with E-state index in [9.17, 15) is 28.3 Å². The molecule has 0 spiro atoms. The SMILES string of the molecule is CONC(=O)Nc1ccc(-c2sc3c(c2CN(C)Cc2ccccc2)c(=O)n(CC(C)(C)O)c(=O)n3Cc2c(F)cccc2F)cc1. The van der Waals surface area contributed by atoms with E-state index in [1.54, 1.807) is 24.3 Å². The van der Waals surface area contributed by atoms with Gasteiger partial charge in [0.05, 0.1) is 31.2 Å². The molecule has 3 aromatic carbocycles. The zero-order valence-electron chi connectivity index (χ0n) is 26.3. The van der Waals surface area contributed by atoms with Crippen molar-refractivity contribution in [3.63, 3.8) is 0 Å². The predicted octanol–water partition coefficient (Wildman–Crippen LogP) is 5.30. The van der Waals surface area contributed by atoms with Gasteiger partial charge in [0, 0.05) is 29.2 Å². The Morgan fingerprint density at radius 3 is 2.21 bits per heavy atom. The summed E-state index contributed by atoms with van der Waals surface area (Å²) in [6, 6.07) is 19.6. The van der Waals surface area contributed by atoms with Gasteiger partial charge in [0.1, 0.15) is 16.5 Å². The molecule has 13 heteroatoms. The Hall–Kier alpha value is -4.69. The standard InChI is InChI=1S/C34H35F2N5O5S/c1-34(2,45)20-41-30(42)28-25(18-39(3)17-21-9-6-5-7-10-21)29(22-13-15-23(16-14-22)37-32(43)38-46-4)47-31(28)40(33(41)44)19-24-26(35)11-8-12-27(24)36/h5-16,45H,17-20H2,1-4H3,(H2,37,38,43). The first-order valence-corrected chi connectivity index (χ1v) is 15.5. The lowest BCUT2D eigenvalue weighted by molar-refractivity contribution is 0.0588. The highest BCUT2D eigenvalue weighted by molar-refractivity contribution is 7.22. The Kier molecular flexibility index (Phi) is 10.0. The number of fused-ring (bicyclic) bond motifs is 1. The molecule has 0 saturated heterocycles. The van der Waals surface area contributed by atoms with Crippen molar-refractivity contribution in [2.24, 2.45) is 0 Å². The van der Waals surface area contributed by atoms with Gasteiger partial charge in [-0.15, -0.1) is 11.3 Å². The fourth-order valence-corrected chi connectivity index (χ4v) is 6.69.